The van der Waals surface area contributed by atoms with E-state index in [0.717, 1.165) is 71.3 Å². The summed E-state index contributed by atoms with van der Waals surface area (Å²) < 4.78 is 9.07. The smallest absolute Gasteiger partial charge is 0.410 e. The van der Waals surface area contributed by atoms with Gasteiger partial charge in [0.2, 0.25) is 0 Å². The van der Waals surface area contributed by atoms with Crippen LogP contribution in [0.3, 0.4) is 0 Å². The zero-order valence-electron chi connectivity index (χ0n) is 19.6. The molecule has 0 atom stereocenters. The average Bonchev–Trinajstić information content (AvgIpc) is 3.47. The lowest BCUT2D eigenvalue weighted by atomic mass is 9.96. The normalized spacial score (nSPS) is 14.8. The van der Waals surface area contributed by atoms with E-state index >= 15 is 0 Å². The highest BCUT2D eigenvalue weighted by Crippen LogP contribution is 2.34. The number of pyridine rings is 1. The summed E-state index contributed by atoms with van der Waals surface area (Å²) in [5, 5.41) is 2.07. The van der Waals surface area contributed by atoms with Gasteiger partial charge in [-0.2, -0.15) is 0 Å². The minimum absolute atomic E-state index is 0.224. The molecule has 4 heterocycles. The molecular weight excluding hydrogens is 446 g/mol. The van der Waals surface area contributed by atoms with Crippen LogP contribution in [-0.4, -0.2) is 38.6 Å². The van der Waals surface area contributed by atoms with Crippen LogP contribution in [0.5, 0.6) is 0 Å². The number of hydrogen-bond donors (Lipinski definition) is 1. The number of nitrogen functional groups attached to an aromatic ring is 1. The molecule has 1 aliphatic heterocycles. The SMILES string of the molecule is CCCCc1nc2c(N)nc3ccsc3c2n1CC1CCN(C(=O)OCc2ccccc2)CC1. The largest absolute Gasteiger partial charge is 0.445 e. The Balaban J connectivity index is 1.29. The molecule has 0 aliphatic carbocycles. The van der Waals surface area contributed by atoms with Gasteiger partial charge >= 0.3 is 6.09 Å². The first-order valence-corrected chi connectivity index (χ1v) is 13.0. The van der Waals surface area contributed by atoms with E-state index in [1.807, 2.05) is 41.3 Å². The third kappa shape index (κ3) is 4.59. The molecule has 5 rings (SSSR count). The second kappa shape index (κ2) is 10.0. The molecule has 1 aromatic carbocycles. The molecule has 8 heteroatoms. The molecule has 1 fully saturated rings. The van der Waals surface area contributed by atoms with Crippen LogP contribution in [0.25, 0.3) is 21.3 Å². The number of aryl methyl sites for hydroxylation is 1. The minimum atomic E-state index is -0.224. The molecule has 0 spiro atoms. The fourth-order valence-electron chi connectivity index (χ4n) is 4.75. The molecular formula is C26H31N5O2S. The summed E-state index contributed by atoms with van der Waals surface area (Å²) in [6, 6.07) is 11.8. The number of benzene rings is 1. The van der Waals surface area contributed by atoms with Crippen LogP contribution in [0.2, 0.25) is 0 Å². The molecule has 0 bridgehead atoms. The zero-order chi connectivity index (χ0) is 23.5. The Morgan fingerprint density at radius 1 is 1.18 bits per heavy atom. The number of nitrogens with two attached hydrogens (primary N) is 1. The van der Waals surface area contributed by atoms with Gasteiger partial charge in [-0.15, -0.1) is 11.3 Å². The van der Waals surface area contributed by atoms with Gasteiger partial charge in [-0.25, -0.2) is 14.8 Å². The number of hydrogen-bond acceptors (Lipinski definition) is 6. The Bertz CT molecular complexity index is 1270. The lowest BCUT2D eigenvalue weighted by Gasteiger charge is -2.32. The summed E-state index contributed by atoms with van der Waals surface area (Å²) in [5.74, 6) is 2.07. The molecule has 34 heavy (non-hydrogen) atoms. The zero-order valence-corrected chi connectivity index (χ0v) is 20.4. The second-order valence-corrected chi connectivity index (χ2v) is 9.96. The number of rotatable bonds is 7. The molecule has 3 aromatic heterocycles. The first kappa shape index (κ1) is 22.7. The maximum absolute atomic E-state index is 12.6. The van der Waals surface area contributed by atoms with Crippen molar-refractivity contribution in [2.24, 2.45) is 5.92 Å². The van der Waals surface area contributed by atoms with Crippen LogP contribution in [0, 0.1) is 5.92 Å². The van der Waals surface area contributed by atoms with Gasteiger partial charge in [0.25, 0.3) is 0 Å². The highest BCUT2D eigenvalue weighted by atomic mass is 32.1. The van der Waals surface area contributed by atoms with Gasteiger partial charge in [-0.1, -0.05) is 43.7 Å². The van der Waals surface area contributed by atoms with Crippen molar-refractivity contribution >= 4 is 44.5 Å². The van der Waals surface area contributed by atoms with E-state index in [2.05, 4.69) is 21.9 Å². The van der Waals surface area contributed by atoms with Crippen molar-refractivity contribution in [1.82, 2.24) is 19.4 Å². The highest BCUT2D eigenvalue weighted by molar-refractivity contribution is 7.18. The van der Waals surface area contributed by atoms with Gasteiger partial charge < -0.3 is 19.9 Å². The Labute approximate surface area is 203 Å². The van der Waals surface area contributed by atoms with Crippen LogP contribution >= 0.6 is 11.3 Å². The molecule has 0 unspecified atom stereocenters. The fourth-order valence-corrected chi connectivity index (χ4v) is 5.63. The standard InChI is InChI=1S/C26H31N5O2S/c1-2-3-9-21-29-22-23(24-20(12-15-34-24)28-25(22)27)31(21)16-18-10-13-30(14-11-18)26(32)33-17-19-7-5-4-6-8-19/h4-8,12,15,18H,2-3,9-11,13-14,16-17H2,1H3,(H2,27,28). The summed E-state index contributed by atoms with van der Waals surface area (Å²) in [6.07, 6.45) is 4.81. The monoisotopic (exact) mass is 477 g/mol. The minimum Gasteiger partial charge on any atom is -0.445 e. The number of carbonyl (C=O) groups is 1. The molecule has 178 valence electrons. The number of piperidine rings is 1. The lowest BCUT2D eigenvalue weighted by molar-refractivity contribution is 0.0807. The molecule has 1 saturated heterocycles. The molecule has 1 aliphatic rings. The Morgan fingerprint density at radius 3 is 2.74 bits per heavy atom. The maximum Gasteiger partial charge on any atom is 0.410 e. The predicted molar refractivity (Wildman–Crippen MR) is 137 cm³/mol. The van der Waals surface area contributed by atoms with Crippen molar-refractivity contribution in [2.75, 3.05) is 18.8 Å². The van der Waals surface area contributed by atoms with E-state index in [4.69, 9.17) is 15.5 Å². The predicted octanol–water partition coefficient (Wildman–Crippen LogP) is 5.62. The third-order valence-corrected chi connectivity index (χ3v) is 7.57. The van der Waals surface area contributed by atoms with Crippen molar-refractivity contribution in [3.05, 3.63) is 53.2 Å². The van der Waals surface area contributed by atoms with Gasteiger partial charge in [0.1, 0.15) is 17.9 Å². The van der Waals surface area contributed by atoms with Gasteiger partial charge in [-0.05, 0) is 42.2 Å². The van der Waals surface area contributed by atoms with Crippen molar-refractivity contribution in [3.63, 3.8) is 0 Å². The van der Waals surface area contributed by atoms with Crippen molar-refractivity contribution in [1.29, 1.82) is 0 Å². The van der Waals surface area contributed by atoms with Crippen molar-refractivity contribution in [3.8, 4) is 0 Å². The Hall–Kier alpha value is -3.13. The number of thiophene rings is 1. The first-order chi connectivity index (χ1) is 16.6. The topological polar surface area (TPSA) is 86.3 Å². The number of amides is 1. The number of anilines is 1. The number of unbranched alkanes of at least 4 members (excludes halogenated alkanes) is 1. The van der Waals surface area contributed by atoms with E-state index in [-0.39, 0.29) is 6.09 Å². The molecule has 2 N–H and O–H groups in total. The average molecular weight is 478 g/mol. The van der Waals surface area contributed by atoms with Crippen LogP contribution in [0.4, 0.5) is 10.6 Å². The van der Waals surface area contributed by atoms with Crippen LogP contribution in [0.15, 0.2) is 41.8 Å². The third-order valence-electron chi connectivity index (χ3n) is 6.66. The van der Waals surface area contributed by atoms with Crippen LogP contribution in [0.1, 0.15) is 44.0 Å². The number of imidazole rings is 1. The van der Waals surface area contributed by atoms with Gasteiger partial charge in [0.05, 0.1) is 15.7 Å². The quantitative estimate of drug-likeness (QED) is 0.373. The fraction of sp³-hybridized carbons (Fsp3) is 0.423. The number of aromatic nitrogens is 3. The van der Waals surface area contributed by atoms with E-state index in [1.54, 1.807) is 11.3 Å². The summed E-state index contributed by atoms with van der Waals surface area (Å²) >= 11 is 1.70. The van der Waals surface area contributed by atoms with E-state index in [0.29, 0.717) is 31.4 Å². The number of carbonyl (C=O) groups excluding carboxylic acids is 1. The first-order valence-electron chi connectivity index (χ1n) is 12.1. The Kier molecular flexibility index (Phi) is 6.67. The molecule has 4 aromatic rings. The summed E-state index contributed by atoms with van der Waals surface area (Å²) in [4.78, 5) is 23.9. The number of likely N-dealkylation sites (tertiary alicyclic amines) is 1. The van der Waals surface area contributed by atoms with E-state index < -0.39 is 0 Å². The molecule has 7 nitrogen and oxygen atoms in total. The second-order valence-electron chi connectivity index (χ2n) is 9.04. The van der Waals surface area contributed by atoms with E-state index in [9.17, 15) is 4.79 Å². The summed E-state index contributed by atoms with van der Waals surface area (Å²) in [5.41, 5.74) is 10.2. The molecule has 1 amide bonds. The highest BCUT2D eigenvalue weighted by Gasteiger charge is 2.26. The lowest BCUT2D eigenvalue weighted by Crippen LogP contribution is -2.39. The summed E-state index contributed by atoms with van der Waals surface area (Å²) in [7, 11) is 0. The number of ether oxygens (including phenoxy) is 1. The van der Waals surface area contributed by atoms with Gasteiger partial charge in [-0.3, -0.25) is 0 Å². The van der Waals surface area contributed by atoms with Gasteiger partial charge in [0, 0.05) is 26.1 Å². The Morgan fingerprint density at radius 2 is 1.97 bits per heavy atom. The van der Waals surface area contributed by atoms with Crippen molar-refractivity contribution in [2.45, 2.75) is 52.2 Å². The van der Waals surface area contributed by atoms with Crippen LogP contribution in [-0.2, 0) is 24.3 Å². The van der Waals surface area contributed by atoms with Gasteiger partial charge in [0.15, 0.2) is 5.82 Å². The maximum atomic E-state index is 12.6. The summed E-state index contributed by atoms with van der Waals surface area (Å²) in [6.45, 7) is 4.83. The van der Waals surface area contributed by atoms with Crippen LogP contribution < -0.4 is 5.73 Å². The number of nitrogens with zero attached hydrogens (tertiary/aromatic N) is 4. The molecule has 0 saturated carbocycles. The molecule has 0 radical (unpaired) electrons. The number of fused-ring (bicyclic) bond motifs is 3. The van der Waals surface area contributed by atoms with Crippen molar-refractivity contribution < 1.29 is 9.53 Å². The van der Waals surface area contributed by atoms with E-state index in [1.165, 1.54) is 0 Å².